The van der Waals surface area contributed by atoms with Gasteiger partial charge in [-0.05, 0) is 91.6 Å². The summed E-state index contributed by atoms with van der Waals surface area (Å²) in [4.78, 5) is 37.7. The first-order valence-electron chi connectivity index (χ1n) is 14.0. The number of allylic oxidation sites excluding steroid dienone is 3. The van der Waals surface area contributed by atoms with Crippen molar-refractivity contribution in [3.63, 3.8) is 0 Å². The number of amides is 2. The normalized spacial score (nSPS) is 48.0. The number of carbonyl (C=O) groups excluding carboxylic acids is 3. The molecule has 0 aromatic heterocycles. The Kier molecular flexibility index (Phi) is 7.33. The molecule has 0 spiro atoms. The highest BCUT2D eigenvalue weighted by Gasteiger charge is 2.58. The Morgan fingerprint density at radius 1 is 1.00 bits per heavy atom. The van der Waals surface area contributed by atoms with Crippen LogP contribution in [0.3, 0.4) is 0 Å². The van der Waals surface area contributed by atoms with Crippen molar-refractivity contribution in [3.8, 4) is 0 Å². The van der Waals surface area contributed by atoms with Gasteiger partial charge in [-0.3, -0.25) is 14.4 Å². The van der Waals surface area contributed by atoms with Crippen molar-refractivity contribution in [2.75, 3.05) is 6.54 Å². The SMILES string of the molecule is CC[C@H]1C[C@@H]2C[C@@H]3[C@H]4C/C=C\C(=O)NCCC(O)C5NC(=O)/C(=C(O)/C=C/[C@@H]4C[C@H](O)[C@H]3[C@H]2[C@H]1C)C5=O. The first-order valence-corrected chi connectivity index (χ1v) is 14.0. The van der Waals surface area contributed by atoms with E-state index >= 15 is 0 Å². The Morgan fingerprint density at radius 2 is 1.78 bits per heavy atom. The highest BCUT2D eigenvalue weighted by molar-refractivity contribution is 6.27. The van der Waals surface area contributed by atoms with Crippen molar-refractivity contribution in [2.24, 2.45) is 47.3 Å². The number of carbonyl (C=O) groups is 3. The van der Waals surface area contributed by atoms with Gasteiger partial charge in [0.15, 0.2) is 5.78 Å². The summed E-state index contributed by atoms with van der Waals surface area (Å²) in [6.07, 6.45) is 9.79. The van der Waals surface area contributed by atoms with Gasteiger partial charge in [0, 0.05) is 6.54 Å². The summed E-state index contributed by atoms with van der Waals surface area (Å²) in [5.41, 5.74) is -0.350. The Balaban J connectivity index is 1.47. The van der Waals surface area contributed by atoms with Crippen molar-refractivity contribution in [2.45, 2.75) is 70.6 Å². The van der Waals surface area contributed by atoms with Crippen LogP contribution >= 0.6 is 0 Å². The smallest absolute Gasteiger partial charge is 0.259 e. The summed E-state index contributed by atoms with van der Waals surface area (Å²) in [5.74, 6) is 1.03. The minimum absolute atomic E-state index is 0.0725. The van der Waals surface area contributed by atoms with Crippen LogP contribution in [0.1, 0.15) is 52.4 Å². The van der Waals surface area contributed by atoms with E-state index in [1.165, 1.54) is 25.0 Å². The lowest BCUT2D eigenvalue weighted by Gasteiger charge is -2.44. The van der Waals surface area contributed by atoms with Gasteiger partial charge in [-0.15, -0.1) is 0 Å². The van der Waals surface area contributed by atoms with E-state index in [2.05, 4.69) is 24.5 Å². The zero-order valence-corrected chi connectivity index (χ0v) is 21.7. The molecule has 2 amide bonds. The minimum Gasteiger partial charge on any atom is -0.507 e. The summed E-state index contributed by atoms with van der Waals surface area (Å²) in [5, 5.41) is 37.7. The number of fused-ring (bicyclic) bond motifs is 7. The van der Waals surface area contributed by atoms with E-state index in [1.54, 1.807) is 0 Å². The Hall–Kier alpha value is -2.45. The third-order valence-electron chi connectivity index (χ3n) is 10.2. The van der Waals surface area contributed by atoms with E-state index in [9.17, 15) is 29.7 Å². The van der Waals surface area contributed by atoms with Gasteiger partial charge in [-0.2, -0.15) is 0 Å². The first-order chi connectivity index (χ1) is 17.7. The van der Waals surface area contributed by atoms with E-state index in [-0.39, 0.29) is 42.2 Å². The highest BCUT2D eigenvalue weighted by Crippen LogP contribution is 2.62. The Morgan fingerprint density at radius 3 is 2.54 bits per heavy atom. The molecule has 5 rings (SSSR count). The van der Waals surface area contributed by atoms with Gasteiger partial charge in [0.2, 0.25) is 5.91 Å². The maximum absolute atomic E-state index is 12.8. The van der Waals surface area contributed by atoms with Crippen LogP contribution in [0.25, 0.3) is 0 Å². The van der Waals surface area contributed by atoms with Gasteiger partial charge in [0.05, 0.1) is 12.2 Å². The number of nitrogens with one attached hydrogen (secondary N) is 2. The fraction of sp³-hybridized carbons (Fsp3) is 0.690. The van der Waals surface area contributed by atoms with Crippen molar-refractivity contribution < 1.29 is 29.7 Å². The van der Waals surface area contributed by atoms with E-state index in [1.807, 2.05) is 12.2 Å². The fourth-order valence-electron chi connectivity index (χ4n) is 8.51. The van der Waals surface area contributed by atoms with Gasteiger partial charge in [0.1, 0.15) is 17.4 Å². The molecular formula is C29H40N2O6. The molecule has 11 atom stereocenters. The molecule has 2 unspecified atom stereocenters. The zero-order chi connectivity index (χ0) is 26.4. The molecule has 37 heavy (non-hydrogen) atoms. The molecule has 2 aliphatic heterocycles. The lowest BCUT2D eigenvalue weighted by molar-refractivity contribution is -0.118. The predicted octanol–water partition coefficient (Wildman–Crippen LogP) is 2.18. The average molecular weight is 513 g/mol. The lowest BCUT2D eigenvalue weighted by atomic mass is 9.62. The predicted molar refractivity (Wildman–Crippen MR) is 137 cm³/mol. The van der Waals surface area contributed by atoms with Crippen molar-refractivity contribution >= 4 is 17.6 Å². The molecule has 3 aliphatic carbocycles. The second kappa shape index (κ2) is 10.4. The average Bonchev–Trinajstić information content (AvgIpc) is 3.48. The van der Waals surface area contributed by atoms with E-state index < -0.39 is 35.7 Å². The molecule has 0 radical (unpaired) electrons. The van der Waals surface area contributed by atoms with Crippen LogP contribution in [-0.2, 0) is 14.4 Å². The quantitative estimate of drug-likeness (QED) is 0.342. The summed E-state index contributed by atoms with van der Waals surface area (Å²) in [7, 11) is 0. The number of hydrogen-bond donors (Lipinski definition) is 5. The monoisotopic (exact) mass is 512 g/mol. The van der Waals surface area contributed by atoms with Crippen LogP contribution in [-0.4, -0.2) is 57.7 Å². The van der Waals surface area contributed by atoms with Gasteiger partial charge in [-0.25, -0.2) is 0 Å². The van der Waals surface area contributed by atoms with Gasteiger partial charge >= 0.3 is 0 Å². The first kappa shape index (κ1) is 26.2. The second-order valence-electron chi connectivity index (χ2n) is 11.9. The number of Topliss-reactive ketones (excluding diaryl/α,β-unsaturated/α-hetero) is 1. The maximum Gasteiger partial charge on any atom is 0.259 e. The topological polar surface area (TPSA) is 136 Å². The molecule has 0 aromatic rings. The summed E-state index contributed by atoms with van der Waals surface area (Å²) in [6.45, 7) is 4.76. The fourth-order valence-corrected chi connectivity index (χ4v) is 8.51. The lowest BCUT2D eigenvalue weighted by Crippen LogP contribution is -2.43. The number of hydrogen-bond acceptors (Lipinski definition) is 6. The summed E-state index contributed by atoms with van der Waals surface area (Å²) >= 11 is 0. The standard InChI is InChI=1S/C29H40N2O6/c1-3-15-11-17-12-19-18-5-4-6-23(35)30-10-9-21(33)27-28(36)26(29(37)31-27)20(32)8-7-16(18)13-22(34)25(19)24(17)14(15)2/h4,6-8,14-19,21-22,24-25,27,32-34H,3,5,9-13H2,1-2H3,(H,30,35)(H,31,37)/b6-4-,8-7+,26-20-/t14-,15-,16+,17+,18-,19+,21?,22-,24-,25-,27?/m0/s1. The molecule has 2 bridgehead atoms. The molecule has 3 saturated carbocycles. The van der Waals surface area contributed by atoms with E-state index in [0.29, 0.717) is 42.4 Å². The third-order valence-corrected chi connectivity index (χ3v) is 10.2. The second-order valence-corrected chi connectivity index (χ2v) is 11.9. The molecule has 8 heteroatoms. The molecule has 5 N–H and O–H groups in total. The van der Waals surface area contributed by atoms with Gasteiger partial charge < -0.3 is 26.0 Å². The van der Waals surface area contributed by atoms with Crippen molar-refractivity contribution in [1.29, 1.82) is 0 Å². The highest BCUT2D eigenvalue weighted by atomic mass is 16.3. The van der Waals surface area contributed by atoms with Crippen molar-refractivity contribution in [3.05, 3.63) is 35.6 Å². The zero-order valence-electron chi connectivity index (χ0n) is 21.7. The molecular weight excluding hydrogens is 472 g/mol. The molecule has 2 heterocycles. The number of ketones is 1. The van der Waals surface area contributed by atoms with Crippen LogP contribution in [0.4, 0.5) is 0 Å². The van der Waals surface area contributed by atoms with Crippen molar-refractivity contribution in [1.82, 2.24) is 10.6 Å². The minimum atomic E-state index is -1.19. The summed E-state index contributed by atoms with van der Waals surface area (Å²) in [6, 6.07) is -1.16. The van der Waals surface area contributed by atoms with E-state index in [0.717, 1.165) is 6.42 Å². The summed E-state index contributed by atoms with van der Waals surface area (Å²) < 4.78 is 0. The largest absolute Gasteiger partial charge is 0.507 e. The van der Waals surface area contributed by atoms with Crippen LogP contribution in [0.15, 0.2) is 35.6 Å². The number of aliphatic hydroxyl groups excluding tert-OH is 3. The molecule has 8 nitrogen and oxygen atoms in total. The maximum atomic E-state index is 12.8. The van der Waals surface area contributed by atoms with Crippen LogP contribution in [0.2, 0.25) is 0 Å². The molecule has 202 valence electrons. The molecule has 5 aliphatic rings. The molecule has 4 fully saturated rings. The van der Waals surface area contributed by atoms with Gasteiger partial charge in [-0.1, -0.05) is 32.4 Å². The number of rotatable bonds is 1. The van der Waals surface area contributed by atoms with Crippen LogP contribution < -0.4 is 10.6 Å². The number of aliphatic hydroxyl groups is 3. The Labute approximate surface area is 218 Å². The van der Waals surface area contributed by atoms with Crippen LogP contribution in [0.5, 0.6) is 0 Å². The third kappa shape index (κ3) is 4.67. The Bertz CT molecular complexity index is 1030. The molecule has 1 saturated heterocycles. The van der Waals surface area contributed by atoms with Gasteiger partial charge in [0.25, 0.3) is 5.91 Å². The van der Waals surface area contributed by atoms with E-state index in [4.69, 9.17) is 0 Å². The molecule has 0 aromatic carbocycles. The van der Waals surface area contributed by atoms with Crippen LogP contribution in [0, 0.1) is 47.3 Å².